The van der Waals surface area contributed by atoms with Gasteiger partial charge in [0.2, 0.25) is 4.33 Å². The van der Waals surface area contributed by atoms with E-state index in [1.807, 2.05) is 0 Å². The highest BCUT2D eigenvalue weighted by molar-refractivity contribution is 8.04. The van der Waals surface area contributed by atoms with Crippen LogP contribution in [0, 0.1) is 22.7 Å². The number of thioether (sulfide) groups is 1. The van der Waals surface area contributed by atoms with Gasteiger partial charge in [-0.25, -0.2) is 0 Å². The highest BCUT2D eigenvalue weighted by Crippen LogP contribution is 2.30. The van der Waals surface area contributed by atoms with Gasteiger partial charge in [0.1, 0.15) is 6.07 Å². The normalized spacial score (nSPS) is 11.9. The second-order valence-electron chi connectivity index (χ2n) is 1.68. The highest BCUT2D eigenvalue weighted by atomic mass is 35.5. The van der Waals surface area contributed by atoms with E-state index in [2.05, 4.69) is 0 Å². The van der Waals surface area contributed by atoms with Crippen LogP contribution in [0.25, 0.3) is 0 Å². The Hall–Kier alpha value is -0.0600. The summed E-state index contributed by atoms with van der Waals surface area (Å²) >= 11 is 17.5. The van der Waals surface area contributed by atoms with E-state index in [1.165, 1.54) is 0 Å². The molecule has 0 N–H and O–H groups in total. The van der Waals surface area contributed by atoms with Crippen LogP contribution in [0.15, 0.2) is 10.4 Å². The van der Waals surface area contributed by atoms with Crippen molar-refractivity contribution in [1.29, 1.82) is 10.5 Å². The first-order chi connectivity index (χ1) is 5.52. The summed E-state index contributed by atoms with van der Waals surface area (Å²) in [6.07, 6.45) is 1.15. The summed E-state index contributed by atoms with van der Waals surface area (Å²) in [4.78, 5) is 0. The summed E-state index contributed by atoms with van der Waals surface area (Å²) in [5, 5.41) is 16.6. The Morgan fingerprint density at radius 1 is 1.50 bits per heavy atom. The minimum Gasteiger partial charge on any atom is -0.195 e. The SMILES string of the molecule is N#CC=C(Cl)SCC(Cl)(Cl)C#N. The van der Waals surface area contributed by atoms with E-state index < -0.39 is 4.33 Å². The van der Waals surface area contributed by atoms with Crippen molar-refractivity contribution in [3.05, 3.63) is 10.4 Å². The third-order valence-electron chi connectivity index (χ3n) is 0.733. The van der Waals surface area contributed by atoms with Gasteiger partial charge in [0.05, 0.1) is 10.4 Å². The molecule has 0 aromatic rings. The minimum absolute atomic E-state index is 0.129. The molecule has 64 valence electrons. The maximum atomic E-state index is 8.38. The standard InChI is InChI=1S/C6H3Cl3N2S/c7-5(1-2-10)12-4-6(8,9)3-11/h1H,4H2. The molecule has 6 heteroatoms. The van der Waals surface area contributed by atoms with Crippen molar-refractivity contribution in [2.45, 2.75) is 4.33 Å². The molecule has 0 heterocycles. The van der Waals surface area contributed by atoms with Crippen molar-refractivity contribution in [1.82, 2.24) is 0 Å². The van der Waals surface area contributed by atoms with Gasteiger partial charge in [0, 0.05) is 11.8 Å². The Kier molecular flexibility index (Phi) is 5.53. The van der Waals surface area contributed by atoms with Crippen LogP contribution in [-0.4, -0.2) is 10.1 Å². The predicted octanol–water partition coefficient (Wildman–Crippen LogP) is 3.02. The zero-order chi connectivity index (χ0) is 9.61. The second kappa shape index (κ2) is 5.56. The summed E-state index contributed by atoms with van der Waals surface area (Å²) in [6.45, 7) is 0. The Labute approximate surface area is 89.7 Å². The van der Waals surface area contributed by atoms with Crippen LogP contribution in [0.4, 0.5) is 0 Å². The summed E-state index contributed by atoms with van der Waals surface area (Å²) < 4.78 is -1.19. The molecule has 0 rings (SSSR count). The van der Waals surface area contributed by atoms with Crippen molar-refractivity contribution >= 4 is 46.6 Å². The largest absolute Gasteiger partial charge is 0.212 e. The van der Waals surface area contributed by atoms with Gasteiger partial charge in [0.15, 0.2) is 0 Å². The highest BCUT2D eigenvalue weighted by Gasteiger charge is 2.23. The Balaban J connectivity index is 3.96. The minimum atomic E-state index is -1.45. The van der Waals surface area contributed by atoms with Crippen LogP contribution < -0.4 is 0 Å². The smallest absolute Gasteiger partial charge is 0.195 e. The van der Waals surface area contributed by atoms with Crippen LogP contribution in [0.2, 0.25) is 0 Å². The van der Waals surface area contributed by atoms with Gasteiger partial charge in [0.25, 0.3) is 0 Å². The van der Waals surface area contributed by atoms with Gasteiger partial charge < -0.3 is 0 Å². The fourth-order valence-electron chi connectivity index (χ4n) is 0.284. The number of hydrogen-bond donors (Lipinski definition) is 0. The molecule has 0 aromatic carbocycles. The third-order valence-corrected chi connectivity index (χ3v) is 2.89. The Morgan fingerprint density at radius 2 is 2.08 bits per heavy atom. The number of nitrogens with zero attached hydrogens (tertiary/aromatic N) is 2. The zero-order valence-corrected chi connectivity index (χ0v) is 8.81. The molecule has 0 aliphatic rings. The molecule has 0 saturated heterocycles. The first-order valence-corrected chi connectivity index (χ1v) is 4.81. The van der Waals surface area contributed by atoms with E-state index in [0.717, 1.165) is 17.8 Å². The second-order valence-corrected chi connectivity index (χ2v) is 4.81. The number of alkyl halides is 2. The molecular weight excluding hydrogens is 239 g/mol. The van der Waals surface area contributed by atoms with E-state index in [9.17, 15) is 0 Å². The van der Waals surface area contributed by atoms with E-state index in [0.29, 0.717) is 0 Å². The summed E-state index contributed by atoms with van der Waals surface area (Å²) in [6, 6.07) is 3.42. The first kappa shape index (κ1) is 11.9. The zero-order valence-electron chi connectivity index (χ0n) is 5.72. The van der Waals surface area contributed by atoms with Crippen LogP contribution in [0.1, 0.15) is 0 Å². The number of allylic oxidation sites excluding steroid dienone is 1. The van der Waals surface area contributed by atoms with E-state index in [-0.39, 0.29) is 10.1 Å². The molecule has 0 unspecified atom stereocenters. The molecule has 0 aliphatic heterocycles. The van der Waals surface area contributed by atoms with E-state index >= 15 is 0 Å². The maximum absolute atomic E-state index is 8.38. The molecule has 2 nitrogen and oxygen atoms in total. The summed E-state index contributed by atoms with van der Waals surface area (Å²) in [5.41, 5.74) is 0. The molecule has 0 fully saturated rings. The lowest BCUT2D eigenvalue weighted by Crippen LogP contribution is -2.12. The lowest BCUT2D eigenvalue weighted by atomic mass is 10.5. The van der Waals surface area contributed by atoms with Gasteiger partial charge >= 0.3 is 0 Å². The van der Waals surface area contributed by atoms with Crippen LogP contribution in [0.3, 0.4) is 0 Å². The number of nitriles is 2. The summed E-state index contributed by atoms with van der Waals surface area (Å²) in [7, 11) is 0. The van der Waals surface area contributed by atoms with Crippen molar-refractivity contribution in [2.75, 3.05) is 5.75 Å². The summed E-state index contributed by atoms with van der Waals surface area (Å²) in [5.74, 6) is 0.129. The van der Waals surface area contributed by atoms with Crippen LogP contribution in [-0.2, 0) is 0 Å². The predicted molar refractivity (Wildman–Crippen MR) is 52.1 cm³/mol. The Morgan fingerprint density at radius 3 is 2.50 bits per heavy atom. The van der Waals surface area contributed by atoms with Gasteiger partial charge in [-0.3, -0.25) is 0 Å². The molecule has 0 aliphatic carbocycles. The molecule has 0 aromatic heterocycles. The lowest BCUT2D eigenvalue weighted by Gasteiger charge is -2.07. The molecule has 0 radical (unpaired) electrons. The fraction of sp³-hybridized carbons (Fsp3) is 0.333. The quantitative estimate of drug-likeness (QED) is 0.564. The topological polar surface area (TPSA) is 47.6 Å². The molecule has 0 saturated carbocycles. The maximum Gasteiger partial charge on any atom is 0.212 e. The van der Waals surface area contributed by atoms with Crippen LogP contribution in [0.5, 0.6) is 0 Å². The van der Waals surface area contributed by atoms with Gasteiger partial charge in [-0.2, -0.15) is 10.5 Å². The van der Waals surface area contributed by atoms with Gasteiger partial charge in [-0.15, -0.1) is 11.8 Å². The number of rotatable bonds is 3. The molecular formula is C6H3Cl3N2S. The Bertz CT molecular complexity index is 261. The fourth-order valence-corrected chi connectivity index (χ4v) is 1.34. The number of halogens is 3. The average Bonchev–Trinajstić information content (AvgIpc) is 2.02. The molecule has 0 bridgehead atoms. The molecule has 12 heavy (non-hydrogen) atoms. The van der Waals surface area contributed by atoms with Crippen molar-refractivity contribution in [3.63, 3.8) is 0 Å². The monoisotopic (exact) mass is 240 g/mol. The van der Waals surface area contributed by atoms with Crippen molar-refractivity contribution in [3.8, 4) is 12.1 Å². The number of hydrogen-bond acceptors (Lipinski definition) is 3. The van der Waals surface area contributed by atoms with E-state index in [4.69, 9.17) is 45.3 Å². The van der Waals surface area contributed by atoms with Crippen molar-refractivity contribution in [2.24, 2.45) is 0 Å². The van der Waals surface area contributed by atoms with Crippen molar-refractivity contribution < 1.29 is 0 Å². The molecule has 0 amide bonds. The molecule has 0 spiro atoms. The first-order valence-electron chi connectivity index (χ1n) is 2.69. The van der Waals surface area contributed by atoms with Gasteiger partial charge in [-0.05, 0) is 0 Å². The lowest BCUT2D eigenvalue weighted by molar-refractivity contribution is 1.15. The van der Waals surface area contributed by atoms with E-state index in [1.54, 1.807) is 12.1 Å². The average molecular weight is 242 g/mol. The van der Waals surface area contributed by atoms with Gasteiger partial charge in [-0.1, -0.05) is 34.8 Å². The van der Waals surface area contributed by atoms with Crippen LogP contribution >= 0.6 is 46.6 Å². The molecule has 0 atom stereocenters. The third kappa shape index (κ3) is 5.57.